The summed E-state index contributed by atoms with van der Waals surface area (Å²) < 4.78 is 0. The zero-order valence-electron chi connectivity index (χ0n) is 14.4. The number of nitrogens with zero attached hydrogens (tertiary/aromatic N) is 4. The molecular weight excluding hydrogens is 292 g/mol. The molecule has 0 aromatic carbocycles. The predicted molar refractivity (Wildman–Crippen MR) is 86.7 cm³/mol. The Hall–Kier alpha value is -1.66. The number of carbonyl (C=O) groups excluding carboxylic acids is 1. The van der Waals surface area contributed by atoms with Gasteiger partial charge in [-0.15, -0.1) is 10.2 Å². The summed E-state index contributed by atoms with van der Waals surface area (Å²) in [6.07, 6.45) is 7.57. The highest BCUT2D eigenvalue weighted by Gasteiger charge is 2.35. The molecule has 1 aromatic rings. The molecule has 23 heavy (non-hydrogen) atoms. The van der Waals surface area contributed by atoms with Crippen molar-refractivity contribution in [2.24, 2.45) is 11.8 Å². The van der Waals surface area contributed by atoms with Crippen LogP contribution in [0.4, 0.5) is 4.79 Å². The van der Waals surface area contributed by atoms with Gasteiger partial charge in [-0.1, -0.05) is 12.8 Å². The molecule has 2 N–H and O–H groups in total. The average molecular weight is 320 g/mol. The maximum Gasteiger partial charge on any atom is 0.315 e. The quantitative estimate of drug-likeness (QED) is 0.890. The summed E-state index contributed by atoms with van der Waals surface area (Å²) in [5.41, 5.74) is -0.201. The second kappa shape index (κ2) is 6.45. The van der Waals surface area contributed by atoms with Gasteiger partial charge in [-0.2, -0.15) is 4.80 Å². The van der Waals surface area contributed by atoms with Crippen molar-refractivity contribution in [3.05, 3.63) is 5.82 Å². The van der Waals surface area contributed by atoms with E-state index >= 15 is 0 Å². The van der Waals surface area contributed by atoms with Gasteiger partial charge in [0.05, 0.1) is 12.1 Å². The lowest BCUT2D eigenvalue weighted by Crippen LogP contribution is -2.44. The van der Waals surface area contributed by atoms with Crippen molar-refractivity contribution in [1.29, 1.82) is 0 Å². The molecule has 2 atom stereocenters. The monoisotopic (exact) mass is 320 g/mol. The molecule has 0 unspecified atom stereocenters. The van der Waals surface area contributed by atoms with E-state index < -0.39 is 0 Å². The summed E-state index contributed by atoms with van der Waals surface area (Å²) in [6.45, 7) is 6.34. The summed E-state index contributed by atoms with van der Waals surface area (Å²) in [6, 6.07) is 0.186. The van der Waals surface area contributed by atoms with Gasteiger partial charge in [-0.25, -0.2) is 4.79 Å². The topological polar surface area (TPSA) is 84.7 Å². The SMILES string of the molecule is CC(C)(C)n1nnc(CNC(=O)N[C@H]2CCC[C@@H](C3CC3)C2)n1. The van der Waals surface area contributed by atoms with E-state index in [1.165, 1.54) is 25.7 Å². The van der Waals surface area contributed by atoms with Crippen molar-refractivity contribution in [1.82, 2.24) is 30.8 Å². The van der Waals surface area contributed by atoms with Crippen LogP contribution in [-0.2, 0) is 12.1 Å². The number of tetrazole rings is 1. The van der Waals surface area contributed by atoms with E-state index in [1.54, 1.807) is 4.80 Å². The van der Waals surface area contributed by atoms with Crippen LogP contribution in [0.5, 0.6) is 0 Å². The van der Waals surface area contributed by atoms with E-state index in [0.717, 1.165) is 24.7 Å². The summed E-state index contributed by atoms with van der Waals surface area (Å²) in [7, 11) is 0. The minimum absolute atomic E-state index is 0.126. The van der Waals surface area contributed by atoms with Crippen LogP contribution in [0.15, 0.2) is 0 Å². The summed E-state index contributed by atoms with van der Waals surface area (Å²) in [5, 5.41) is 18.2. The van der Waals surface area contributed by atoms with Crippen molar-refractivity contribution >= 4 is 6.03 Å². The number of carbonyl (C=O) groups is 1. The van der Waals surface area contributed by atoms with E-state index in [9.17, 15) is 4.79 Å². The fraction of sp³-hybridized carbons (Fsp3) is 0.875. The largest absolute Gasteiger partial charge is 0.335 e. The van der Waals surface area contributed by atoms with Crippen molar-refractivity contribution in [2.75, 3.05) is 0 Å². The van der Waals surface area contributed by atoms with Gasteiger partial charge in [-0.05, 0) is 63.5 Å². The van der Waals surface area contributed by atoms with Crippen molar-refractivity contribution in [3.8, 4) is 0 Å². The van der Waals surface area contributed by atoms with E-state index in [4.69, 9.17) is 0 Å². The van der Waals surface area contributed by atoms with E-state index in [2.05, 4.69) is 26.0 Å². The van der Waals surface area contributed by atoms with Crippen LogP contribution in [0.25, 0.3) is 0 Å². The molecule has 0 saturated heterocycles. The minimum Gasteiger partial charge on any atom is -0.335 e. The second-order valence-electron chi connectivity index (χ2n) is 7.95. The highest BCUT2D eigenvalue weighted by molar-refractivity contribution is 5.74. The molecule has 2 fully saturated rings. The first-order valence-corrected chi connectivity index (χ1v) is 8.75. The van der Waals surface area contributed by atoms with Gasteiger partial charge in [0, 0.05) is 6.04 Å². The minimum atomic E-state index is -0.201. The Balaban J connectivity index is 1.43. The lowest BCUT2D eigenvalue weighted by atomic mass is 9.83. The fourth-order valence-corrected chi connectivity index (χ4v) is 3.35. The zero-order chi connectivity index (χ0) is 16.4. The van der Waals surface area contributed by atoms with Gasteiger partial charge in [0.15, 0.2) is 5.82 Å². The number of amides is 2. The van der Waals surface area contributed by atoms with Crippen LogP contribution in [0.2, 0.25) is 0 Å². The van der Waals surface area contributed by atoms with Crippen LogP contribution >= 0.6 is 0 Å². The molecule has 0 bridgehead atoms. The first kappa shape index (κ1) is 16.2. The number of rotatable bonds is 4. The van der Waals surface area contributed by atoms with Gasteiger partial charge in [-0.3, -0.25) is 0 Å². The number of hydrogen-bond donors (Lipinski definition) is 2. The number of aromatic nitrogens is 4. The molecule has 0 spiro atoms. The molecule has 0 radical (unpaired) electrons. The van der Waals surface area contributed by atoms with Gasteiger partial charge in [0.1, 0.15) is 0 Å². The Bertz CT molecular complexity index is 545. The molecule has 1 heterocycles. The lowest BCUT2D eigenvalue weighted by Gasteiger charge is -2.29. The molecule has 2 saturated carbocycles. The van der Waals surface area contributed by atoms with E-state index in [-0.39, 0.29) is 11.6 Å². The first-order chi connectivity index (χ1) is 10.9. The third-order valence-corrected chi connectivity index (χ3v) is 4.80. The predicted octanol–water partition coefficient (Wildman–Crippen LogP) is 2.20. The fourth-order valence-electron chi connectivity index (χ4n) is 3.35. The molecule has 1 aromatic heterocycles. The molecule has 2 aliphatic carbocycles. The number of urea groups is 1. The summed E-state index contributed by atoms with van der Waals surface area (Å²) in [5.74, 6) is 2.29. The van der Waals surface area contributed by atoms with Crippen molar-refractivity contribution in [2.45, 2.75) is 77.4 Å². The smallest absolute Gasteiger partial charge is 0.315 e. The Labute approximate surface area is 137 Å². The molecule has 7 heteroatoms. The van der Waals surface area contributed by atoms with Gasteiger partial charge in [0.2, 0.25) is 0 Å². The normalized spacial score (nSPS) is 25.2. The number of nitrogens with one attached hydrogen (secondary N) is 2. The van der Waals surface area contributed by atoms with Gasteiger partial charge < -0.3 is 10.6 Å². The summed E-state index contributed by atoms with van der Waals surface area (Å²) >= 11 is 0. The van der Waals surface area contributed by atoms with E-state index in [1.807, 2.05) is 20.8 Å². The van der Waals surface area contributed by atoms with Crippen LogP contribution < -0.4 is 10.6 Å². The molecule has 2 aliphatic rings. The zero-order valence-corrected chi connectivity index (χ0v) is 14.4. The second-order valence-corrected chi connectivity index (χ2v) is 7.95. The Morgan fingerprint density at radius 1 is 1.22 bits per heavy atom. The lowest BCUT2D eigenvalue weighted by molar-refractivity contribution is 0.220. The molecule has 128 valence electrons. The van der Waals surface area contributed by atoms with Crippen LogP contribution in [0, 0.1) is 11.8 Å². The highest BCUT2D eigenvalue weighted by atomic mass is 16.2. The maximum atomic E-state index is 12.1. The Morgan fingerprint density at radius 3 is 2.65 bits per heavy atom. The average Bonchev–Trinajstić information content (AvgIpc) is 3.22. The number of hydrogen-bond acceptors (Lipinski definition) is 4. The van der Waals surface area contributed by atoms with Crippen molar-refractivity contribution < 1.29 is 4.79 Å². The highest BCUT2D eigenvalue weighted by Crippen LogP contribution is 2.43. The standard InChI is InChI=1S/C16H28N6O/c1-16(2,3)22-20-14(19-21-22)10-17-15(23)18-13-6-4-5-12(9-13)11-7-8-11/h11-13H,4-10H2,1-3H3,(H2,17,18,23)/t12-,13+/m1/s1. The Kier molecular flexibility index (Phi) is 4.55. The first-order valence-electron chi connectivity index (χ1n) is 8.75. The molecule has 7 nitrogen and oxygen atoms in total. The molecule has 0 aliphatic heterocycles. The third kappa shape index (κ3) is 4.42. The van der Waals surface area contributed by atoms with Gasteiger partial charge >= 0.3 is 6.03 Å². The third-order valence-electron chi connectivity index (χ3n) is 4.80. The maximum absolute atomic E-state index is 12.1. The molecule has 2 amide bonds. The van der Waals surface area contributed by atoms with Crippen molar-refractivity contribution in [3.63, 3.8) is 0 Å². The Morgan fingerprint density at radius 2 is 2.00 bits per heavy atom. The molecular formula is C16H28N6O. The van der Waals surface area contributed by atoms with Crippen LogP contribution in [-0.4, -0.2) is 32.3 Å². The molecule has 3 rings (SSSR count). The van der Waals surface area contributed by atoms with Crippen LogP contribution in [0.3, 0.4) is 0 Å². The summed E-state index contributed by atoms with van der Waals surface area (Å²) in [4.78, 5) is 13.6. The van der Waals surface area contributed by atoms with Crippen LogP contribution in [0.1, 0.15) is 65.1 Å². The van der Waals surface area contributed by atoms with Gasteiger partial charge in [0.25, 0.3) is 0 Å². The van der Waals surface area contributed by atoms with E-state index in [0.29, 0.717) is 18.4 Å².